The molecule has 23 heavy (non-hydrogen) atoms. The van der Waals surface area contributed by atoms with Crippen molar-refractivity contribution in [3.05, 3.63) is 29.2 Å². The lowest BCUT2D eigenvalue weighted by Gasteiger charge is -2.32. The Morgan fingerprint density at radius 1 is 1.30 bits per heavy atom. The average molecular weight is 360 g/mol. The van der Waals surface area contributed by atoms with Crippen molar-refractivity contribution in [1.82, 2.24) is 19.7 Å². The van der Waals surface area contributed by atoms with Crippen molar-refractivity contribution in [3.8, 4) is 0 Å². The molecule has 5 N–H and O–H groups in total. The van der Waals surface area contributed by atoms with Crippen molar-refractivity contribution in [2.75, 3.05) is 11.1 Å². The first-order valence-electron chi connectivity index (χ1n) is 7.14. The minimum absolute atomic E-state index is 0. The van der Waals surface area contributed by atoms with Gasteiger partial charge in [0.1, 0.15) is 5.82 Å². The Bertz CT molecular complexity index is 653. The summed E-state index contributed by atoms with van der Waals surface area (Å²) in [4.78, 5) is 8.56. The molecule has 0 radical (unpaired) electrons. The van der Waals surface area contributed by atoms with Gasteiger partial charge in [0.05, 0.1) is 11.9 Å². The normalized spacial score (nSPS) is 19.3. The van der Waals surface area contributed by atoms with E-state index in [1.165, 1.54) is 0 Å². The molecule has 2 aromatic rings. The lowest BCUT2D eigenvalue weighted by molar-refractivity contribution is 0.345. The van der Waals surface area contributed by atoms with Crippen molar-refractivity contribution in [2.24, 2.45) is 12.8 Å². The number of nitrogens with two attached hydrogens (primary N) is 2. The van der Waals surface area contributed by atoms with Gasteiger partial charge in [-0.05, 0) is 19.8 Å². The number of nitrogens with one attached hydrogen (secondary N) is 1. The molecule has 0 saturated heterocycles. The number of aryl methyl sites for hydroxylation is 1. The van der Waals surface area contributed by atoms with Crippen molar-refractivity contribution in [3.63, 3.8) is 0 Å². The molecule has 0 unspecified atom stereocenters. The molecule has 0 atom stereocenters. The lowest BCUT2D eigenvalue weighted by Crippen LogP contribution is -2.35. The maximum atomic E-state index is 5.84. The largest absolute Gasteiger partial charge is 0.368 e. The van der Waals surface area contributed by atoms with Gasteiger partial charge in [-0.25, -0.2) is 4.98 Å². The second-order valence-electron chi connectivity index (χ2n) is 5.70. The molecule has 9 heteroatoms. The summed E-state index contributed by atoms with van der Waals surface area (Å²) in [6.07, 6.45) is 3.80. The van der Waals surface area contributed by atoms with Crippen molar-refractivity contribution in [1.29, 1.82) is 0 Å². The Labute approximate surface area is 148 Å². The highest BCUT2D eigenvalue weighted by Gasteiger charge is 2.29. The van der Waals surface area contributed by atoms with Crippen LogP contribution in [-0.4, -0.2) is 25.8 Å². The first-order valence-corrected chi connectivity index (χ1v) is 7.14. The van der Waals surface area contributed by atoms with Crippen molar-refractivity contribution < 1.29 is 0 Å². The molecule has 1 fully saturated rings. The van der Waals surface area contributed by atoms with Crippen LogP contribution >= 0.6 is 24.8 Å². The van der Waals surface area contributed by atoms with Crippen LogP contribution in [0.5, 0.6) is 0 Å². The molecule has 0 amide bonds. The third kappa shape index (κ3) is 4.25. The summed E-state index contributed by atoms with van der Waals surface area (Å²) >= 11 is 0. The van der Waals surface area contributed by atoms with Crippen LogP contribution in [0.3, 0.4) is 0 Å². The van der Waals surface area contributed by atoms with E-state index in [1.807, 2.05) is 30.9 Å². The molecule has 0 aliphatic heterocycles. The Balaban J connectivity index is 0.00000132. The lowest BCUT2D eigenvalue weighted by atomic mass is 9.78. The van der Waals surface area contributed by atoms with Gasteiger partial charge in [0.25, 0.3) is 0 Å². The van der Waals surface area contributed by atoms with Gasteiger partial charge < -0.3 is 16.8 Å². The zero-order valence-corrected chi connectivity index (χ0v) is 14.8. The molecule has 2 heterocycles. The number of rotatable bonds is 4. The van der Waals surface area contributed by atoms with E-state index in [0.29, 0.717) is 24.5 Å². The molecule has 128 valence electrons. The van der Waals surface area contributed by atoms with Gasteiger partial charge >= 0.3 is 0 Å². The monoisotopic (exact) mass is 359 g/mol. The van der Waals surface area contributed by atoms with Crippen LogP contribution in [0.15, 0.2) is 12.3 Å². The molecular weight excluding hydrogens is 337 g/mol. The fourth-order valence-corrected chi connectivity index (χ4v) is 2.59. The first-order chi connectivity index (χ1) is 10.0. The standard InChI is InChI=1S/C14H21N7.2ClH/c1-8-10(7-18-21(8)2)6-17-13-5-12(19-14(16)20-13)9-3-11(15)4-9;;/h5,7,9,11H,3-4,6,15H2,1-2H3,(H3,16,17,19,20);2*1H. The Morgan fingerprint density at radius 3 is 2.57 bits per heavy atom. The van der Waals surface area contributed by atoms with Crippen LogP contribution in [-0.2, 0) is 13.6 Å². The molecule has 0 spiro atoms. The van der Waals surface area contributed by atoms with Crippen molar-refractivity contribution in [2.45, 2.75) is 38.3 Å². The zero-order valence-electron chi connectivity index (χ0n) is 13.2. The quantitative estimate of drug-likeness (QED) is 0.767. The number of hydrogen-bond acceptors (Lipinski definition) is 6. The van der Waals surface area contributed by atoms with Gasteiger partial charge in [-0.15, -0.1) is 24.8 Å². The van der Waals surface area contributed by atoms with Gasteiger partial charge in [-0.2, -0.15) is 10.1 Å². The summed E-state index contributed by atoms with van der Waals surface area (Å²) in [6.45, 7) is 2.71. The van der Waals surface area contributed by atoms with Crippen LogP contribution in [0.25, 0.3) is 0 Å². The smallest absolute Gasteiger partial charge is 0.222 e. The molecule has 1 saturated carbocycles. The predicted octanol–water partition coefficient (Wildman–Crippen LogP) is 1.76. The van der Waals surface area contributed by atoms with Crippen LogP contribution in [0.4, 0.5) is 11.8 Å². The van der Waals surface area contributed by atoms with E-state index in [-0.39, 0.29) is 24.8 Å². The van der Waals surface area contributed by atoms with E-state index in [9.17, 15) is 0 Å². The number of halogens is 2. The number of nitrogen functional groups attached to an aromatic ring is 1. The Morgan fingerprint density at radius 2 is 2.00 bits per heavy atom. The number of anilines is 2. The molecule has 1 aliphatic carbocycles. The molecule has 1 aliphatic rings. The van der Waals surface area contributed by atoms with E-state index >= 15 is 0 Å². The van der Waals surface area contributed by atoms with Crippen LogP contribution < -0.4 is 16.8 Å². The highest BCUT2D eigenvalue weighted by atomic mass is 35.5. The summed E-state index contributed by atoms with van der Waals surface area (Å²) in [5.41, 5.74) is 14.9. The molecule has 0 bridgehead atoms. The van der Waals surface area contributed by atoms with Gasteiger partial charge in [0.2, 0.25) is 5.95 Å². The topological polar surface area (TPSA) is 108 Å². The number of nitrogens with zero attached hydrogens (tertiary/aromatic N) is 4. The van der Waals surface area contributed by atoms with Crippen LogP contribution in [0.2, 0.25) is 0 Å². The second-order valence-corrected chi connectivity index (χ2v) is 5.70. The molecule has 0 aromatic carbocycles. The minimum Gasteiger partial charge on any atom is -0.368 e. The average Bonchev–Trinajstić information content (AvgIpc) is 2.72. The molecular formula is C14H23Cl2N7. The summed E-state index contributed by atoms with van der Waals surface area (Å²) in [6, 6.07) is 2.26. The third-order valence-electron chi connectivity index (χ3n) is 4.15. The summed E-state index contributed by atoms with van der Waals surface area (Å²) < 4.78 is 1.85. The molecule has 2 aromatic heterocycles. The first kappa shape index (κ1) is 19.5. The number of hydrogen-bond donors (Lipinski definition) is 3. The van der Waals surface area contributed by atoms with Gasteiger partial charge in [0, 0.05) is 42.9 Å². The van der Waals surface area contributed by atoms with Crippen molar-refractivity contribution >= 4 is 36.6 Å². The molecule has 3 rings (SSSR count). The van der Waals surface area contributed by atoms with Crippen LogP contribution in [0.1, 0.15) is 35.7 Å². The van der Waals surface area contributed by atoms with Gasteiger partial charge in [-0.3, -0.25) is 4.68 Å². The summed E-state index contributed by atoms with van der Waals surface area (Å²) in [5.74, 6) is 1.46. The minimum atomic E-state index is 0. The highest BCUT2D eigenvalue weighted by Crippen LogP contribution is 2.35. The third-order valence-corrected chi connectivity index (χ3v) is 4.15. The van der Waals surface area contributed by atoms with Crippen LogP contribution in [0, 0.1) is 6.92 Å². The molecule has 7 nitrogen and oxygen atoms in total. The maximum absolute atomic E-state index is 5.84. The maximum Gasteiger partial charge on any atom is 0.222 e. The summed E-state index contributed by atoms with van der Waals surface area (Å²) in [5, 5.41) is 7.52. The van der Waals surface area contributed by atoms with Gasteiger partial charge in [0.15, 0.2) is 0 Å². The second kappa shape index (κ2) is 7.81. The fraction of sp³-hybridized carbons (Fsp3) is 0.500. The van der Waals surface area contributed by atoms with E-state index in [2.05, 4.69) is 20.4 Å². The number of aromatic nitrogens is 4. The van der Waals surface area contributed by atoms with E-state index in [1.54, 1.807) is 0 Å². The van der Waals surface area contributed by atoms with Gasteiger partial charge in [-0.1, -0.05) is 0 Å². The summed E-state index contributed by atoms with van der Waals surface area (Å²) in [7, 11) is 1.93. The Hall–Kier alpha value is -1.57. The highest BCUT2D eigenvalue weighted by molar-refractivity contribution is 5.85. The van der Waals surface area contributed by atoms with E-state index < -0.39 is 0 Å². The predicted molar refractivity (Wildman–Crippen MR) is 96.2 cm³/mol. The zero-order chi connectivity index (χ0) is 15.0. The fourth-order valence-electron chi connectivity index (χ4n) is 2.59. The Kier molecular flexibility index (Phi) is 6.61. The van der Waals surface area contributed by atoms with E-state index in [0.717, 1.165) is 35.6 Å². The SMILES string of the molecule is Cc1c(CNc2cc(C3CC(N)C3)nc(N)n2)cnn1C.Cl.Cl. The van der Waals surface area contributed by atoms with E-state index in [4.69, 9.17) is 11.5 Å².